The summed E-state index contributed by atoms with van der Waals surface area (Å²) in [6, 6.07) is 2.27. The van der Waals surface area contributed by atoms with Gasteiger partial charge in [-0.2, -0.15) is 13.2 Å². The molecule has 0 amide bonds. The van der Waals surface area contributed by atoms with Crippen molar-refractivity contribution < 1.29 is 27.8 Å². The third-order valence-corrected chi connectivity index (χ3v) is 3.38. The van der Waals surface area contributed by atoms with Crippen LogP contribution in [0.15, 0.2) is 12.1 Å². The first-order valence-corrected chi connectivity index (χ1v) is 7.33. The standard InChI is InChI=1S/C13H17F3N2O.C2H4O2/c14-13(15,16)11-6-5-10(7-17)12(18-11)19-8-9-3-1-2-4-9;1-2(3)4/h5-6,9H,1-4,7-8,17H2;1H3,(H,3,4). The van der Waals surface area contributed by atoms with Gasteiger partial charge in [-0.15, -0.1) is 0 Å². The van der Waals surface area contributed by atoms with E-state index >= 15 is 0 Å². The molecule has 0 spiro atoms. The van der Waals surface area contributed by atoms with E-state index in [0.29, 0.717) is 18.1 Å². The molecule has 0 saturated heterocycles. The Morgan fingerprint density at radius 1 is 1.39 bits per heavy atom. The number of aliphatic carboxylic acids is 1. The number of halogens is 3. The average molecular weight is 334 g/mol. The third-order valence-electron chi connectivity index (χ3n) is 3.38. The summed E-state index contributed by atoms with van der Waals surface area (Å²) in [5.74, 6) is -0.397. The van der Waals surface area contributed by atoms with Crippen LogP contribution in [0.1, 0.15) is 43.9 Å². The van der Waals surface area contributed by atoms with Crippen molar-refractivity contribution in [2.75, 3.05) is 6.61 Å². The quantitative estimate of drug-likeness (QED) is 0.883. The maximum absolute atomic E-state index is 12.6. The van der Waals surface area contributed by atoms with Crippen molar-refractivity contribution in [2.24, 2.45) is 11.7 Å². The molecular weight excluding hydrogens is 313 g/mol. The van der Waals surface area contributed by atoms with Gasteiger partial charge in [-0.05, 0) is 24.8 Å². The van der Waals surface area contributed by atoms with Crippen molar-refractivity contribution >= 4 is 5.97 Å². The van der Waals surface area contributed by atoms with Crippen molar-refractivity contribution in [1.82, 2.24) is 4.98 Å². The lowest BCUT2D eigenvalue weighted by Crippen LogP contribution is -2.15. The Balaban J connectivity index is 0.000000593. The molecule has 5 nitrogen and oxygen atoms in total. The molecule has 0 radical (unpaired) electrons. The molecule has 8 heteroatoms. The lowest BCUT2D eigenvalue weighted by atomic mass is 10.1. The zero-order valence-electron chi connectivity index (χ0n) is 12.9. The largest absolute Gasteiger partial charge is 0.481 e. The van der Waals surface area contributed by atoms with E-state index in [9.17, 15) is 13.2 Å². The predicted molar refractivity (Wildman–Crippen MR) is 77.9 cm³/mol. The Morgan fingerprint density at radius 3 is 2.43 bits per heavy atom. The molecule has 0 bridgehead atoms. The summed E-state index contributed by atoms with van der Waals surface area (Å²) >= 11 is 0. The number of aromatic nitrogens is 1. The zero-order valence-corrected chi connectivity index (χ0v) is 12.9. The van der Waals surface area contributed by atoms with Crippen molar-refractivity contribution in [3.63, 3.8) is 0 Å². The molecule has 0 atom stereocenters. The number of nitrogens with zero attached hydrogens (tertiary/aromatic N) is 1. The summed E-state index contributed by atoms with van der Waals surface area (Å²) in [7, 11) is 0. The van der Waals surface area contributed by atoms with E-state index in [4.69, 9.17) is 20.4 Å². The zero-order chi connectivity index (χ0) is 17.5. The minimum Gasteiger partial charge on any atom is -0.481 e. The molecule has 0 aliphatic heterocycles. The summed E-state index contributed by atoms with van der Waals surface area (Å²) in [5.41, 5.74) is 5.06. The molecule has 1 fully saturated rings. The molecule has 1 aliphatic rings. The average Bonchev–Trinajstić information content (AvgIpc) is 2.96. The number of carbonyl (C=O) groups is 1. The van der Waals surface area contributed by atoms with Gasteiger partial charge in [0, 0.05) is 19.0 Å². The monoisotopic (exact) mass is 334 g/mol. The maximum Gasteiger partial charge on any atom is 0.433 e. The van der Waals surface area contributed by atoms with Crippen LogP contribution >= 0.6 is 0 Å². The van der Waals surface area contributed by atoms with Gasteiger partial charge in [0.25, 0.3) is 5.97 Å². The van der Waals surface area contributed by atoms with Gasteiger partial charge in [-0.25, -0.2) is 4.98 Å². The normalized spacial score (nSPS) is 15.0. The van der Waals surface area contributed by atoms with Crippen LogP contribution in [0.25, 0.3) is 0 Å². The highest BCUT2D eigenvalue weighted by molar-refractivity contribution is 5.62. The summed E-state index contributed by atoms with van der Waals surface area (Å²) < 4.78 is 43.2. The van der Waals surface area contributed by atoms with Crippen LogP contribution in [-0.2, 0) is 17.5 Å². The molecule has 23 heavy (non-hydrogen) atoms. The number of pyridine rings is 1. The first kappa shape index (κ1) is 19.2. The first-order valence-electron chi connectivity index (χ1n) is 7.33. The van der Waals surface area contributed by atoms with Crippen LogP contribution < -0.4 is 10.5 Å². The first-order chi connectivity index (χ1) is 10.7. The molecule has 1 aromatic heterocycles. The van der Waals surface area contributed by atoms with Gasteiger partial charge < -0.3 is 15.6 Å². The van der Waals surface area contributed by atoms with Gasteiger partial charge in [0.1, 0.15) is 5.69 Å². The van der Waals surface area contributed by atoms with E-state index in [1.165, 1.54) is 6.07 Å². The lowest BCUT2D eigenvalue weighted by molar-refractivity contribution is -0.141. The van der Waals surface area contributed by atoms with Crippen molar-refractivity contribution in [1.29, 1.82) is 0 Å². The van der Waals surface area contributed by atoms with Gasteiger partial charge in [0.15, 0.2) is 0 Å². The van der Waals surface area contributed by atoms with Gasteiger partial charge in [-0.1, -0.05) is 18.9 Å². The van der Waals surface area contributed by atoms with Crippen LogP contribution in [0, 0.1) is 5.92 Å². The number of carboxylic acid groups (broad SMARTS) is 1. The van der Waals surface area contributed by atoms with E-state index < -0.39 is 17.8 Å². The number of hydrogen-bond acceptors (Lipinski definition) is 4. The molecular formula is C15H21F3N2O3. The Hall–Kier alpha value is -1.83. The number of ether oxygens (including phenoxy) is 1. The smallest absolute Gasteiger partial charge is 0.433 e. The van der Waals surface area contributed by atoms with Gasteiger partial charge in [-0.3, -0.25) is 4.79 Å². The SMILES string of the molecule is CC(=O)O.NCc1ccc(C(F)(F)F)nc1OCC1CCCC1. The van der Waals surface area contributed by atoms with E-state index in [1.807, 2.05) is 0 Å². The van der Waals surface area contributed by atoms with Crippen molar-refractivity contribution in [2.45, 2.75) is 45.3 Å². The molecule has 1 saturated carbocycles. The Bertz CT molecular complexity index is 511. The van der Waals surface area contributed by atoms with Crippen molar-refractivity contribution in [3.05, 3.63) is 23.4 Å². The molecule has 2 rings (SSSR count). The number of nitrogens with two attached hydrogens (primary N) is 1. The summed E-state index contributed by atoms with van der Waals surface area (Å²) in [4.78, 5) is 12.5. The molecule has 0 aromatic carbocycles. The highest BCUT2D eigenvalue weighted by atomic mass is 19.4. The van der Waals surface area contributed by atoms with Crippen LogP contribution in [-0.4, -0.2) is 22.7 Å². The third kappa shape index (κ3) is 6.85. The van der Waals surface area contributed by atoms with Gasteiger partial charge in [0.2, 0.25) is 5.88 Å². The van der Waals surface area contributed by atoms with E-state index in [1.54, 1.807) is 0 Å². The maximum atomic E-state index is 12.6. The van der Waals surface area contributed by atoms with Crippen LogP contribution in [0.5, 0.6) is 5.88 Å². The molecule has 0 unspecified atom stereocenters. The van der Waals surface area contributed by atoms with Gasteiger partial charge >= 0.3 is 6.18 Å². The minimum absolute atomic E-state index is 0.0178. The van der Waals surface area contributed by atoms with Gasteiger partial charge in [0.05, 0.1) is 6.61 Å². The van der Waals surface area contributed by atoms with E-state index in [-0.39, 0.29) is 12.4 Å². The van der Waals surface area contributed by atoms with Crippen LogP contribution in [0.4, 0.5) is 13.2 Å². The van der Waals surface area contributed by atoms with E-state index in [2.05, 4.69) is 4.98 Å². The molecule has 1 aromatic rings. The summed E-state index contributed by atoms with van der Waals surface area (Å²) in [6.45, 7) is 1.62. The second-order valence-electron chi connectivity index (χ2n) is 5.34. The fraction of sp³-hybridized carbons (Fsp3) is 0.600. The second-order valence-corrected chi connectivity index (χ2v) is 5.34. The Morgan fingerprint density at radius 2 is 1.96 bits per heavy atom. The second kappa shape index (κ2) is 8.71. The fourth-order valence-electron chi connectivity index (χ4n) is 2.28. The van der Waals surface area contributed by atoms with Crippen LogP contribution in [0.3, 0.4) is 0 Å². The highest BCUT2D eigenvalue weighted by Crippen LogP contribution is 2.31. The summed E-state index contributed by atoms with van der Waals surface area (Å²) in [5, 5.41) is 7.42. The minimum atomic E-state index is -4.46. The Kier molecular flexibility index (Phi) is 7.28. The number of hydrogen-bond donors (Lipinski definition) is 2. The van der Waals surface area contributed by atoms with Crippen LogP contribution in [0.2, 0.25) is 0 Å². The fourth-order valence-corrected chi connectivity index (χ4v) is 2.28. The van der Waals surface area contributed by atoms with Crippen molar-refractivity contribution in [3.8, 4) is 5.88 Å². The predicted octanol–water partition coefficient (Wildman–Crippen LogP) is 3.22. The number of carboxylic acids is 1. The molecule has 1 aliphatic carbocycles. The Labute approximate surface area is 132 Å². The molecule has 3 N–H and O–H groups in total. The topological polar surface area (TPSA) is 85.4 Å². The molecule has 130 valence electrons. The molecule has 1 heterocycles. The summed E-state index contributed by atoms with van der Waals surface area (Å²) in [6.07, 6.45) is -0.00593. The lowest BCUT2D eigenvalue weighted by Gasteiger charge is -2.15. The number of alkyl halides is 3. The van der Waals surface area contributed by atoms with E-state index in [0.717, 1.165) is 38.7 Å². The number of rotatable bonds is 4. The highest BCUT2D eigenvalue weighted by Gasteiger charge is 2.33.